The van der Waals surface area contributed by atoms with Gasteiger partial charge in [0.25, 0.3) is 5.56 Å². The normalized spacial score (nSPS) is 16.3. The van der Waals surface area contributed by atoms with Gasteiger partial charge in [-0.2, -0.15) is 0 Å². The third-order valence-electron chi connectivity index (χ3n) is 8.62. The number of thiazole rings is 1. The van der Waals surface area contributed by atoms with Gasteiger partial charge in [-0.1, -0.05) is 59.9 Å². The molecule has 0 saturated heterocycles. The van der Waals surface area contributed by atoms with Crippen molar-refractivity contribution in [3.63, 3.8) is 0 Å². The summed E-state index contributed by atoms with van der Waals surface area (Å²) < 4.78 is 30.5. The lowest BCUT2D eigenvalue weighted by molar-refractivity contribution is 0.174. The number of aryl methyl sites for hydroxylation is 1. The number of hydrogen-bond acceptors (Lipinski definition) is 8. The zero-order valence-electron chi connectivity index (χ0n) is 25.3. The molecule has 0 saturated carbocycles. The van der Waals surface area contributed by atoms with E-state index in [1.807, 2.05) is 71.3 Å². The zero-order chi connectivity index (χ0) is 31.2. The molecule has 0 unspecified atom stereocenters. The fraction of sp³-hybridized carbons (Fsp3) is 0.189. The molecule has 46 heavy (non-hydrogen) atoms. The first-order chi connectivity index (χ1) is 22.6. The van der Waals surface area contributed by atoms with E-state index < -0.39 is 0 Å². The fourth-order valence-corrected chi connectivity index (χ4v) is 7.35. The highest BCUT2D eigenvalue weighted by atomic mass is 32.1. The van der Waals surface area contributed by atoms with Crippen LogP contribution in [0.1, 0.15) is 40.3 Å². The van der Waals surface area contributed by atoms with Crippen LogP contribution in [0.3, 0.4) is 0 Å². The van der Waals surface area contributed by atoms with Crippen molar-refractivity contribution in [3.05, 3.63) is 138 Å². The average molecular weight is 631 g/mol. The Hall–Kier alpha value is -5.28. The number of rotatable bonds is 7. The number of nitrogens with zero attached hydrogens (tertiary/aromatic N) is 2. The summed E-state index contributed by atoms with van der Waals surface area (Å²) in [7, 11) is 3.27. The van der Waals surface area contributed by atoms with E-state index in [9.17, 15) is 4.79 Å². The summed E-state index contributed by atoms with van der Waals surface area (Å²) >= 11 is 1.40. The molecular formula is C37H30N2O6S. The highest BCUT2D eigenvalue weighted by Gasteiger charge is 2.32. The molecule has 230 valence electrons. The minimum Gasteiger partial charge on any atom is -0.497 e. The molecule has 3 heterocycles. The predicted octanol–water partition coefficient (Wildman–Crippen LogP) is 5.64. The summed E-state index contributed by atoms with van der Waals surface area (Å²) in [6, 6.07) is 27.6. The summed E-state index contributed by atoms with van der Waals surface area (Å²) in [5.41, 5.74) is 7.29. The van der Waals surface area contributed by atoms with E-state index in [4.69, 9.17) is 28.7 Å². The van der Waals surface area contributed by atoms with Crippen molar-refractivity contribution in [2.24, 2.45) is 4.99 Å². The Labute approximate surface area is 269 Å². The van der Waals surface area contributed by atoms with Crippen LogP contribution >= 0.6 is 11.3 Å². The van der Waals surface area contributed by atoms with Crippen LogP contribution in [0.2, 0.25) is 0 Å². The Kier molecular flexibility index (Phi) is 7.10. The van der Waals surface area contributed by atoms with Gasteiger partial charge in [0.2, 0.25) is 6.79 Å². The van der Waals surface area contributed by atoms with E-state index in [1.165, 1.54) is 16.9 Å². The van der Waals surface area contributed by atoms with E-state index in [0.29, 0.717) is 33.2 Å². The van der Waals surface area contributed by atoms with Crippen molar-refractivity contribution >= 4 is 23.1 Å². The minimum atomic E-state index is -0.255. The third-order valence-corrected chi connectivity index (χ3v) is 9.60. The molecule has 1 aromatic heterocycles. The number of hydrogen-bond donors (Lipinski definition) is 0. The summed E-state index contributed by atoms with van der Waals surface area (Å²) in [6.07, 6.45) is 3.64. The predicted molar refractivity (Wildman–Crippen MR) is 176 cm³/mol. The molecule has 4 aromatic carbocycles. The molecule has 1 atom stereocenters. The second-order valence-corrected chi connectivity index (χ2v) is 12.3. The molecule has 0 amide bonds. The molecule has 2 aliphatic heterocycles. The van der Waals surface area contributed by atoms with Crippen LogP contribution in [0.15, 0.2) is 100 Å². The van der Waals surface area contributed by atoms with E-state index in [2.05, 4.69) is 24.3 Å². The molecule has 8 rings (SSSR count). The van der Waals surface area contributed by atoms with E-state index in [1.54, 1.807) is 14.2 Å². The van der Waals surface area contributed by atoms with Crippen molar-refractivity contribution in [2.75, 3.05) is 21.0 Å². The molecule has 3 aliphatic rings. The number of fused-ring (bicyclic) bond motifs is 4. The quantitative estimate of drug-likeness (QED) is 0.232. The molecule has 8 nitrogen and oxygen atoms in total. The number of allylic oxidation sites excluding steroid dienone is 1. The molecule has 9 heteroatoms. The monoisotopic (exact) mass is 630 g/mol. The highest BCUT2D eigenvalue weighted by molar-refractivity contribution is 7.07. The van der Waals surface area contributed by atoms with Gasteiger partial charge in [-0.25, -0.2) is 4.99 Å². The number of aromatic nitrogens is 1. The van der Waals surface area contributed by atoms with Crippen LogP contribution in [0.4, 0.5) is 0 Å². The lowest BCUT2D eigenvalue weighted by atomic mass is 9.83. The van der Waals surface area contributed by atoms with E-state index >= 15 is 0 Å². The molecular weight excluding hydrogens is 600 g/mol. The standard InChI is InChI=1S/C37H30N2O6S/c1-41-26-12-9-25(10-13-26)35-28-14-11-24-5-3-4-6-27(24)34(28)38-37-39(35)36(40)33(46-37)19-22-7-15-29(31(17-22)42-2)43-20-23-8-16-30-32(18-23)45-21-44-30/h3-10,12-13,15-19,35H,11,14,20-21H2,1-2H3/b33-19+/t35-/m1/s1. The fourth-order valence-electron chi connectivity index (χ4n) is 6.34. The maximum absolute atomic E-state index is 14.2. The molecule has 0 bridgehead atoms. The van der Waals surface area contributed by atoms with Crippen LogP contribution < -0.4 is 38.6 Å². The van der Waals surface area contributed by atoms with Crippen molar-refractivity contribution < 1.29 is 23.7 Å². The van der Waals surface area contributed by atoms with E-state index in [0.717, 1.165) is 57.9 Å². The lowest BCUT2D eigenvalue weighted by Gasteiger charge is -2.30. The molecule has 1 aliphatic carbocycles. The van der Waals surface area contributed by atoms with Crippen LogP contribution in [0.25, 0.3) is 11.8 Å². The smallest absolute Gasteiger partial charge is 0.271 e. The minimum absolute atomic E-state index is 0.0721. The first-order valence-electron chi connectivity index (χ1n) is 15.1. The van der Waals surface area contributed by atoms with Gasteiger partial charge in [0.1, 0.15) is 12.4 Å². The van der Waals surface area contributed by atoms with Gasteiger partial charge < -0.3 is 23.7 Å². The van der Waals surface area contributed by atoms with Crippen LogP contribution in [0, 0.1) is 0 Å². The van der Waals surface area contributed by atoms with Crippen LogP contribution in [-0.4, -0.2) is 25.6 Å². The topological polar surface area (TPSA) is 80.5 Å². The Morgan fingerprint density at radius 3 is 2.61 bits per heavy atom. The van der Waals surface area contributed by atoms with Gasteiger partial charge in [0.15, 0.2) is 27.8 Å². The Balaban J connectivity index is 1.17. The van der Waals surface area contributed by atoms with Gasteiger partial charge in [-0.05, 0) is 83.1 Å². The van der Waals surface area contributed by atoms with Gasteiger partial charge in [-0.3, -0.25) is 9.36 Å². The largest absolute Gasteiger partial charge is 0.497 e. The first-order valence-corrected chi connectivity index (χ1v) is 15.9. The molecule has 0 N–H and O–H groups in total. The first kappa shape index (κ1) is 28.2. The van der Waals surface area contributed by atoms with Crippen molar-refractivity contribution in [2.45, 2.75) is 25.5 Å². The number of methoxy groups -OCH3 is 2. The second kappa shape index (κ2) is 11.6. The number of benzene rings is 4. The molecule has 0 spiro atoms. The maximum atomic E-state index is 14.2. The number of ether oxygens (including phenoxy) is 5. The Bertz CT molecular complexity index is 2200. The SMILES string of the molecule is COc1ccc([C@@H]2C3=C(N=c4s/c(=C/c5ccc(OCc6ccc7c(c6)OCO7)c(OC)c5)c(=O)n42)c2ccccc2CC3)cc1. The molecule has 0 fully saturated rings. The van der Waals surface area contributed by atoms with Crippen molar-refractivity contribution in [1.82, 2.24) is 4.57 Å². The summed E-state index contributed by atoms with van der Waals surface area (Å²) in [5.74, 6) is 3.40. The van der Waals surface area contributed by atoms with Crippen LogP contribution in [-0.2, 0) is 13.0 Å². The summed E-state index contributed by atoms with van der Waals surface area (Å²) in [4.78, 5) is 20.0. The lowest BCUT2D eigenvalue weighted by Crippen LogP contribution is -2.38. The van der Waals surface area contributed by atoms with E-state index in [-0.39, 0.29) is 18.4 Å². The average Bonchev–Trinajstić information content (AvgIpc) is 3.70. The third kappa shape index (κ3) is 4.93. The van der Waals surface area contributed by atoms with Crippen molar-refractivity contribution in [1.29, 1.82) is 0 Å². The maximum Gasteiger partial charge on any atom is 0.271 e. The second-order valence-electron chi connectivity index (χ2n) is 11.3. The highest BCUT2D eigenvalue weighted by Crippen LogP contribution is 2.41. The zero-order valence-corrected chi connectivity index (χ0v) is 26.1. The molecule has 0 radical (unpaired) electrons. The van der Waals surface area contributed by atoms with Gasteiger partial charge in [0, 0.05) is 5.56 Å². The van der Waals surface area contributed by atoms with Gasteiger partial charge in [-0.15, -0.1) is 0 Å². The van der Waals surface area contributed by atoms with Crippen LogP contribution in [0.5, 0.6) is 28.7 Å². The molecule has 5 aromatic rings. The Morgan fingerprint density at radius 1 is 0.913 bits per heavy atom. The Morgan fingerprint density at radius 2 is 1.76 bits per heavy atom. The summed E-state index contributed by atoms with van der Waals surface area (Å²) in [5, 5.41) is 0. The summed E-state index contributed by atoms with van der Waals surface area (Å²) in [6.45, 7) is 0.565. The van der Waals surface area contributed by atoms with Crippen molar-refractivity contribution in [3.8, 4) is 28.7 Å². The van der Waals surface area contributed by atoms with Gasteiger partial charge >= 0.3 is 0 Å². The van der Waals surface area contributed by atoms with Gasteiger partial charge in [0.05, 0.1) is 30.5 Å².